The van der Waals surface area contributed by atoms with Crippen molar-refractivity contribution >= 4 is 27.5 Å². The van der Waals surface area contributed by atoms with E-state index < -0.39 is 6.17 Å². The fourth-order valence-corrected chi connectivity index (χ4v) is 8.35. The molecule has 0 aromatic heterocycles. The van der Waals surface area contributed by atoms with Crippen LogP contribution in [0.1, 0.15) is 77.0 Å². The normalized spacial score (nSPS) is 50.5. The molecule has 4 nitrogen and oxygen atoms in total. The average Bonchev–Trinajstić information content (AvgIpc) is 2.82. The summed E-state index contributed by atoms with van der Waals surface area (Å²) < 4.78 is 14.0. The zero-order valence-corrected chi connectivity index (χ0v) is 21.7. The average molecular weight is 534 g/mol. The maximum absolute atomic E-state index is 14.0. The maximum Gasteiger partial charge on any atom is 0.117 e. The first-order valence-electron chi connectivity index (χ1n) is 13.5. The lowest BCUT2D eigenvalue weighted by atomic mass is 9.67. The van der Waals surface area contributed by atoms with E-state index in [-0.39, 0.29) is 5.38 Å². The molecule has 5 aliphatic rings. The molecule has 9 unspecified atom stereocenters. The molecule has 2 heterocycles. The summed E-state index contributed by atoms with van der Waals surface area (Å²) in [6.45, 7) is 2.25. The molecule has 5 rings (SSSR count). The standard InChI is InChI=1S/C25H43BrClFN4/c26-18-6-3-15(4-7-18)16-5-10-23-20(12-16)25(30-19-8-9-22(28)21(27)13-19)32-24(31-23)17-2-1-11-29-14-17/h15-25,29-32H,1-14H2. The summed E-state index contributed by atoms with van der Waals surface area (Å²) in [6, 6.07) is 0.920. The minimum Gasteiger partial charge on any atom is -0.316 e. The van der Waals surface area contributed by atoms with Crippen molar-refractivity contribution in [2.75, 3.05) is 13.1 Å². The number of nitrogens with one attached hydrogen (secondary N) is 4. The lowest BCUT2D eigenvalue weighted by Crippen LogP contribution is -2.72. The quantitative estimate of drug-likeness (QED) is 0.397. The highest BCUT2D eigenvalue weighted by Crippen LogP contribution is 2.43. The van der Waals surface area contributed by atoms with Gasteiger partial charge < -0.3 is 5.32 Å². The van der Waals surface area contributed by atoms with Crippen LogP contribution in [0.2, 0.25) is 0 Å². The molecule has 4 N–H and O–H groups in total. The van der Waals surface area contributed by atoms with Crippen LogP contribution in [-0.2, 0) is 0 Å². The van der Waals surface area contributed by atoms with Gasteiger partial charge in [-0.2, -0.15) is 0 Å². The molecule has 32 heavy (non-hydrogen) atoms. The Kier molecular flexibility index (Phi) is 8.39. The molecule has 5 fully saturated rings. The van der Waals surface area contributed by atoms with E-state index in [1.54, 1.807) is 0 Å². The number of hydrogen-bond acceptors (Lipinski definition) is 4. The van der Waals surface area contributed by atoms with Gasteiger partial charge in [-0.1, -0.05) is 15.9 Å². The van der Waals surface area contributed by atoms with Crippen molar-refractivity contribution in [3.05, 3.63) is 0 Å². The van der Waals surface area contributed by atoms with Crippen LogP contribution >= 0.6 is 27.5 Å². The van der Waals surface area contributed by atoms with Crippen LogP contribution in [0.5, 0.6) is 0 Å². The lowest BCUT2D eigenvalue weighted by molar-refractivity contribution is 0.0275. The molecule has 3 aliphatic carbocycles. The first-order valence-corrected chi connectivity index (χ1v) is 14.8. The molecule has 0 aromatic rings. The molecule has 0 aromatic carbocycles. The second-order valence-electron chi connectivity index (χ2n) is 11.5. The van der Waals surface area contributed by atoms with Crippen molar-refractivity contribution in [1.82, 2.24) is 21.3 Å². The molecule has 3 saturated carbocycles. The smallest absolute Gasteiger partial charge is 0.117 e. The van der Waals surface area contributed by atoms with Crippen molar-refractivity contribution in [2.45, 2.75) is 118 Å². The Balaban J connectivity index is 1.27. The minimum absolute atomic E-state index is 0.313. The highest BCUT2D eigenvalue weighted by Gasteiger charge is 2.45. The number of halogens is 3. The second kappa shape index (κ2) is 11.1. The molecular weight excluding hydrogens is 491 g/mol. The molecule has 2 aliphatic heterocycles. The summed E-state index contributed by atoms with van der Waals surface area (Å²) in [5.74, 6) is 3.02. The zero-order chi connectivity index (χ0) is 22.1. The van der Waals surface area contributed by atoms with E-state index in [4.69, 9.17) is 11.6 Å². The first kappa shape index (κ1) is 24.2. The van der Waals surface area contributed by atoms with Crippen LogP contribution in [-0.4, -0.2) is 53.9 Å². The number of alkyl halides is 3. The Labute approximate surface area is 207 Å². The van der Waals surface area contributed by atoms with Crippen molar-refractivity contribution in [1.29, 1.82) is 0 Å². The third kappa shape index (κ3) is 5.67. The van der Waals surface area contributed by atoms with Gasteiger partial charge in [0.05, 0.1) is 17.7 Å². The molecule has 0 bridgehead atoms. The second-order valence-corrected chi connectivity index (χ2v) is 13.3. The summed E-state index contributed by atoms with van der Waals surface area (Å²) in [4.78, 5) is 0.738. The Morgan fingerprint density at radius 2 is 1.66 bits per heavy atom. The highest BCUT2D eigenvalue weighted by atomic mass is 79.9. The Morgan fingerprint density at radius 1 is 0.844 bits per heavy atom. The predicted octanol–water partition coefficient (Wildman–Crippen LogP) is 4.66. The molecule has 2 saturated heterocycles. The van der Waals surface area contributed by atoms with Crippen LogP contribution in [0.3, 0.4) is 0 Å². The highest BCUT2D eigenvalue weighted by molar-refractivity contribution is 9.09. The minimum atomic E-state index is -0.840. The predicted molar refractivity (Wildman–Crippen MR) is 134 cm³/mol. The largest absolute Gasteiger partial charge is 0.316 e. The van der Waals surface area contributed by atoms with Gasteiger partial charge in [-0.25, -0.2) is 4.39 Å². The number of fused-ring (bicyclic) bond motifs is 1. The Bertz CT molecular complexity index is 598. The Hall–Kier alpha value is 0.540. The van der Waals surface area contributed by atoms with E-state index in [2.05, 4.69) is 37.2 Å². The van der Waals surface area contributed by atoms with Crippen LogP contribution in [0.25, 0.3) is 0 Å². The molecule has 0 amide bonds. The van der Waals surface area contributed by atoms with Gasteiger partial charge in [0, 0.05) is 29.4 Å². The van der Waals surface area contributed by atoms with E-state index >= 15 is 0 Å². The lowest BCUT2D eigenvalue weighted by Gasteiger charge is -2.52. The molecular formula is C25H43BrClFN4. The SMILES string of the molecule is FC1CCC(NC2NC(C3CCCNC3)NC3CCC(C4CCC(Br)CC4)CC32)CC1Cl. The third-order valence-corrected chi connectivity index (χ3v) is 10.8. The van der Waals surface area contributed by atoms with Gasteiger partial charge in [-0.3, -0.25) is 16.0 Å². The van der Waals surface area contributed by atoms with Gasteiger partial charge in [0.15, 0.2) is 0 Å². The van der Waals surface area contributed by atoms with Crippen molar-refractivity contribution < 1.29 is 4.39 Å². The summed E-state index contributed by atoms with van der Waals surface area (Å²) in [5.41, 5.74) is 0. The van der Waals surface area contributed by atoms with Crippen LogP contribution in [0.4, 0.5) is 4.39 Å². The first-order chi connectivity index (χ1) is 15.6. The van der Waals surface area contributed by atoms with Gasteiger partial charge in [-0.05, 0) is 101 Å². The molecule has 9 atom stereocenters. The summed E-state index contributed by atoms with van der Waals surface area (Å²) in [6.07, 6.45) is 14.1. The topological polar surface area (TPSA) is 48.1 Å². The molecule has 7 heteroatoms. The van der Waals surface area contributed by atoms with Gasteiger partial charge in [-0.15, -0.1) is 11.6 Å². The summed E-state index contributed by atoms with van der Waals surface area (Å²) >= 11 is 10.2. The van der Waals surface area contributed by atoms with Gasteiger partial charge in [0.1, 0.15) is 6.17 Å². The monoisotopic (exact) mass is 532 g/mol. The van der Waals surface area contributed by atoms with E-state index in [0.29, 0.717) is 42.7 Å². The third-order valence-electron chi connectivity index (χ3n) is 9.40. The van der Waals surface area contributed by atoms with Gasteiger partial charge in [0.2, 0.25) is 0 Å². The maximum atomic E-state index is 14.0. The number of piperidine rings is 1. The van der Waals surface area contributed by atoms with E-state index in [1.807, 2.05) is 0 Å². The number of rotatable bonds is 4. The Morgan fingerprint density at radius 3 is 2.41 bits per heavy atom. The van der Waals surface area contributed by atoms with Crippen LogP contribution < -0.4 is 21.3 Å². The van der Waals surface area contributed by atoms with Crippen molar-refractivity contribution in [3.8, 4) is 0 Å². The summed E-state index contributed by atoms with van der Waals surface area (Å²) in [7, 11) is 0. The van der Waals surface area contributed by atoms with E-state index in [1.165, 1.54) is 57.8 Å². The fraction of sp³-hybridized carbons (Fsp3) is 1.00. The van der Waals surface area contributed by atoms with Crippen LogP contribution in [0, 0.1) is 23.7 Å². The molecule has 0 spiro atoms. The van der Waals surface area contributed by atoms with E-state index in [0.717, 1.165) is 42.6 Å². The van der Waals surface area contributed by atoms with Crippen LogP contribution in [0.15, 0.2) is 0 Å². The molecule has 0 radical (unpaired) electrons. The van der Waals surface area contributed by atoms with Gasteiger partial charge in [0.25, 0.3) is 0 Å². The van der Waals surface area contributed by atoms with E-state index in [9.17, 15) is 4.39 Å². The molecule has 184 valence electrons. The van der Waals surface area contributed by atoms with Crippen molar-refractivity contribution in [3.63, 3.8) is 0 Å². The van der Waals surface area contributed by atoms with Crippen molar-refractivity contribution in [2.24, 2.45) is 23.7 Å². The fourth-order valence-electron chi connectivity index (χ4n) is 7.48. The number of hydrogen-bond donors (Lipinski definition) is 4. The van der Waals surface area contributed by atoms with Gasteiger partial charge >= 0.3 is 0 Å². The summed E-state index contributed by atoms with van der Waals surface area (Å²) in [5, 5.41) is 15.3. The zero-order valence-electron chi connectivity index (χ0n) is 19.4.